The number of nitrogens with zero attached hydrogens (tertiary/aromatic N) is 3. The van der Waals surface area contributed by atoms with Crippen molar-refractivity contribution in [2.75, 3.05) is 53.0 Å². The molecular formula is C19H29N3O. The van der Waals surface area contributed by atoms with Crippen LogP contribution in [0.4, 0.5) is 0 Å². The van der Waals surface area contributed by atoms with Crippen LogP contribution < -0.4 is 0 Å². The molecular weight excluding hydrogens is 286 g/mol. The van der Waals surface area contributed by atoms with E-state index in [9.17, 15) is 0 Å². The van der Waals surface area contributed by atoms with Gasteiger partial charge in [0.05, 0.1) is 6.61 Å². The van der Waals surface area contributed by atoms with Crippen molar-refractivity contribution < 1.29 is 4.74 Å². The number of hydrogen-bond donors (Lipinski definition) is 0. The Morgan fingerprint density at radius 1 is 1.26 bits per heavy atom. The molecule has 4 heteroatoms. The first kappa shape index (κ1) is 17.7. The molecule has 0 atom stereocenters. The molecule has 1 aliphatic heterocycles. The first-order valence-corrected chi connectivity index (χ1v) is 8.45. The first-order valence-electron chi connectivity index (χ1n) is 8.45. The maximum atomic E-state index is 5.45. The maximum Gasteiger partial charge on any atom is 0.130 e. The van der Waals surface area contributed by atoms with Gasteiger partial charge in [0.15, 0.2) is 0 Å². The smallest absolute Gasteiger partial charge is 0.130 e. The van der Waals surface area contributed by atoms with Crippen LogP contribution in [0, 0.1) is 6.92 Å². The van der Waals surface area contributed by atoms with Crippen molar-refractivity contribution in [3.05, 3.63) is 48.0 Å². The highest BCUT2D eigenvalue weighted by Crippen LogP contribution is 2.14. The lowest BCUT2D eigenvalue weighted by atomic mass is 10.1. The van der Waals surface area contributed by atoms with Crippen molar-refractivity contribution in [1.29, 1.82) is 0 Å². The number of aryl methyl sites for hydroxylation is 1. The van der Waals surface area contributed by atoms with Gasteiger partial charge in [0, 0.05) is 51.9 Å². The predicted octanol–water partition coefficient (Wildman–Crippen LogP) is 2.58. The number of amidine groups is 1. The summed E-state index contributed by atoms with van der Waals surface area (Å²) >= 11 is 0. The van der Waals surface area contributed by atoms with E-state index in [2.05, 4.69) is 52.6 Å². The molecule has 23 heavy (non-hydrogen) atoms. The predicted molar refractivity (Wildman–Crippen MR) is 97.3 cm³/mol. The minimum absolute atomic E-state index is 0.653. The Kier molecular flexibility index (Phi) is 7.30. The summed E-state index contributed by atoms with van der Waals surface area (Å²) in [5.41, 5.74) is 2.54. The fourth-order valence-electron chi connectivity index (χ4n) is 3.00. The molecule has 0 radical (unpaired) electrons. The zero-order valence-corrected chi connectivity index (χ0v) is 14.5. The molecule has 0 unspecified atom stereocenters. The molecule has 1 aromatic carbocycles. The third kappa shape index (κ3) is 5.19. The van der Waals surface area contributed by atoms with Crippen LogP contribution in [0.25, 0.3) is 0 Å². The van der Waals surface area contributed by atoms with Crippen LogP contribution in [0.5, 0.6) is 0 Å². The number of piperazine rings is 1. The summed E-state index contributed by atoms with van der Waals surface area (Å²) in [5, 5.41) is 0. The molecule has 126 valence electrons. The average molecular weight is 315 g/mol. The molecule has 4 nitrogen and oxygen atoms in total. The van der Waals surface area contributed by atoms with E-state index in [1.165, 1.54) is 11.1 Å². The van der Waals surface area contributed by atoms with Crippen LogP contribution in [-0.4, -0.2) is 68.6 Å². The molecule has 0 saturated carbocycles. The molecule has 2 rings (SSSR count). The van der Waals surface area contributed by atoms with Gasteiger partial charge in [-0.05, 0) is 18.9 Å². The highest BCUT2D eigenvalue weighted by atomic mass is 16.5. The lowest BCUT2D eigenvalue weighted by Gasteiger charge is -2.36. The molecule has 1 heterocycles. The highest BCUT2D eigenvalue weighted by Gasteiger charge is 2.20. The van der Waals surface area contributed by atoms with Crippen molar-refractivity contribution in [3.63, 3.8) is 0 Å². The van der Waals surface area contributed by atoms with E-state index in [0.717, 1.165) is 51.6 Å². The zero-order chi connectivity index (χ0) is 16.5. The second-order valence-electron chi connectivity index (χ2n) is 5.91. The van der Waals surface area contributed by atoms with E-state index in [-0.39, 0.29) is 0 Å². The Hall–Kier alpha value is -1.65. The largest absolute Gasteiger partial charge is 0.377 e. The van der Waals surface area contributed by atoms with Crippen LogP contribution >= 0.6 is 0 Å². The number of hydrogen-bond acceptors (Lipinski definition) is 3. The second-order valence-corrected chi connectivity index (χ2v) is 5.91. The third-order valence-electron chi connectivity index (χ3n) is 4.27. The molecule has 0 aliphatic carbocycles. The van der Waals surface area contributed by atoms with E-state index in [0.29, 0.717) is 6.61 Å². The summed E-state index contributed by atoms with van der Waals surface area (Å²) in [7, 11) is 1.89. The Morgan fingerprint density at radius 3 is 2.65 bits per heavy atom. The molecule has 0 spiro atoms. The number of aliphatic imine (C=N–C) groups is 1. The summed E-state index contributed by atoms with van der Waals surface area (Å²) in [4.78, 5) is 9.48. The Bertz CT molecular complexity index is 519. The van der Waals surface area contributed by atoms with Gasteiger partial charge in [-0.3, -0.25) is 9.89 Å². The van der Waals surface area contributed by atoms with Crippen LogP contribution in [-0.2, 0) is 4.74 Å². The van der Waals surface area contributed by atoms with Gasteiger partial charge in [-0.1, -0.05) is 30.3 Å². The van der Waals surface area contributed by atoms with E-state index < -0.39 is 0 Å². The van der Waals surface area contributed by atoms with Crippen molar-refractivity contribution in [2.45, 2.75) is 13.3 Å². The third-order valence-corrected chi connectivity index (χ3v) is 4.27. The van der Waals surface area contributed by atoms with E-state index >= 15 is 0 Å². The SMILES string of the molecule is C=CCOCCCN1CCN(/C(=N/C)c2ccccc2C)CC1. The lowest BCUT2D eigenvalue weighted by molar-refractivity contribution is 0.129. The maximum absolute atomic E-state index is 5.45. The van der Waals surface area contributed by atoms with E-state index in [4.69, 9.17) is 4.74 Å². The summed E-state index contributed by atoms with van der Waals surface area (Å²) in [6.07, 6.45) is 2.89. The average Bonchev–Trinajstić information content (AvgIpc) is 2.58. The van der Waals surface area contributed by atoms with Gasteiger partial charge in [-0.25, -0.2) is 0 Å². The van der Waals surface area contributed by atoms with Crippen molar-refractivity contribution in [2.24, 2.45) is 4.99 Å². The highest BCUT2D eigenvalue weighted by molar-refractivity contribution is 6.00. The normalized spacial score (nSPS) is 16.6. The van der Waals surface area contributed by atoms with Gasteiger partial charge >= 0.3 is 0 Å². The van der Waals surface area contributed by atoms with E-state index in [1.54, 1.807) is 6.08 Å². The molecule has 1 saturated heterocycles. The van der Waals surface area contributed by atoms with Gasteiger partial charge in [0.1, 0.15) is 5.84 Å². The number of rotatable bonds is 7. The van der Waals surface area contributed by atoms with Crippen LogP contribution in [0.2, 0.25) is 0 Å². The monoisotopic (exact) mass is 315 g/mol. The van der Waals surface area contributed by atoms with Crippen molar-refractivity contribution in [3.8, 4) is 0 Å². The first-order chi connectivity index (χ1) is 11.3. The van der Waals surface area contributed by atoms with Crippen LogP contribution in [0.3, 0.4) is 0 Å². The Labute approximate surface area is 140 Å². The summed E-state index contributed by atoms with van der Waals surface area (Å²) in [6.45, 7) is 12.6. The molecule has 0 bridgehead atoms. The van der Waals surface area contributed by atoms with Crippen molar-refractivity contribution >= 4 is 5.84 Å². The minimum Gasteiger partial charge on any atom is -0.377 e. The summed E-state index contributed by atoms with van der Waals surface area (Å²) in [6, 6.07) is 8.49. The Balaban J connectivity index is 1.81. The second kappa shape index (κ2) is 9.48. The topological polar surface area (TPSA) is 28.1 Å². The van der Waals surface area contributed by atoms with Gasteiger partial charge in [-0.15, -0.1) is 6.58 Å². The fourth-order valence-corrected chi connectivity index (χ4v) is 3.00. The molecule has 1 fully saturated rings. The molecule has 1 aliphatic rings. The Morgan fingerprint density at radius 2 is 2.00 bits per heavy atom. The number of ether oxygens (including phenoxy) is 1. The molecule has 0 aromatic heterocycles. The minimum atomic E-state index is 0.653. The number of benzene rings is 1. The van der Waals surface area contributed by atoms with Crippen LogP contribution in [0.1, 0.15) is 17.5 Å². The zero-order valence-electron chi connectivity index (χ0n) is 14.5. The van der Waals surface area contributed by atoms with Gasteiger partial charge in [0.2, 0.25) is 0 Å². The molecule has 1 aromatic rings. The van der Waals surface area contributed by atoms with Crippen molar-refractivity contribution in [1.82, 2.24) is 9.80 Å². The van der Waals surface area contributed by atoms with Gasteiger partial charge in [-0.2, -0.15) is 0 Å². The standard InChI is InChI=1S/C19H29N3O/c1-4-15-23-16-7-10-21-11-13-22(14-12-21)19(20-3)18-9-6-5-8-17(18)2/h4-6,8-9H,1,7,10-16H2,2-3H3/b20-19+. The quantitative estimate of drug-likeness (QED) is 0.335. The lowest BCUT2D eigenvalue weighted by Crippen LogP contribution is -2.49. The van der Waals surface area contributed by atoms with Crippen LogP contribution in [0.15, 0.2) is 41.9 Å². The van der Waals surface area contributed by atoms with Gasteiger partial charge in [0.25, 0.3) is 0 Å². The summed E-state index contributed by atoms with van der Waals surface area (Å²) in [5.74, 6) is 1.12. The molecule has 0 amide bonds. The van der Waals surface area contributed by atoms with Gasteiger partial charge < -0.3 is 9.64 Å². The summed E-state index contributed by atoms with van der Waals surface area (Å²) < 4.78 is 5.45. The van der Waals surface area contributed by atoms with E-state index in [1.807, 2.05) is 7.05 Å². The fraction of sp³-hybridized carbons (Fsp3) is 0.526. The molecule has 0 N–H and O–H groups in total.